The molecule has 2 aliphatic rings. The Balaban J connectivity index is 1.62. The van der Waals surface area contributed by atoms with Crippen LogP contribution >= 0.6 is 0 Å². The maximum atomic E-state index is 4.42. The van der Waals surface area contributed by atoms with E-state index in [0.717, 1.165) is 18.4 Å². The first kappa shape index (κ1) is 9.34. The molecule has 0 amide bonds. The molecule has 0 spiro atoms. The van der Waals surface area contributed by atoms with E-state index in [1.54, 1.807) is 0 Å². The summed E-state index contributed by atoms with van der Waals surface area (Å²) in [7, 11) is 0. The molecule has 1 heterocycles. The topological polar surface area (TPSA) is 24.9 Å². The smallest absolute Gasteiger partial charge is 0.0419 e. The molecule has 1 unspecified atom stereocenters. The highest BCUT2D eigenvalue weighted by Crippen LogP contribution is 2.35. The second-order valence-electron chi connectivity index (χ2n) is 4.91. The maximum absolute atomic E-state index is 4.42. The maximum Gasteiger partial charge on any atom is 0.0419 e. The number of pyridine rings is 1. The predicted octanol–water partition coefficient (Wildman–Crippen LogP) is 2.15. The van der Waals surface area contributed by atoms with E-state index in [1.807, 2.05) is 12.3 Å². The monoisotopic (exact) mass is 202 g/mol. The number of hydrogen-bond donors (Lipinski definition) is 1. The molecule has 2 fully saturated rings. The number of hydrogen-bond acceptors (Lipinski definition) is 2. The van der Waals surface area contributed by atoms with E-state index >= 15 is 0 Å². The predicted molar refractivity (Wildman–Crippen MR) is 60.6 cm³/mol. The number of nitrogens with zero attached hydrogens (tertiary/aromatic N) is 1. The molecule has 2 nitrogen and oxygen atoms in total. The van der Waals surface area contributed by atoms with Crippen LogP contribution in [-0.4, -0.2) is 17.1 Å². The quantitative estimate of drug-likeness (QED) is 0.791. The summed E-state index contributed by atoms with van der Waals surface area (Å²) >= 11 is 0. The Labute approximate surface area is 91.1 Å². The third-order valence-corrected chi connectivity index (χ3v) is 3.37. The van der Waals surface area contributed by atoms with Gasteiger partial charge in [-0.15, -0.1) is 0 Å². The number of rotatable bonds is 5. The lowest BCUT2D eigenvalue weighted by Gasteiger charge is -2.17. The highest BCUT2D eigenvalue weighted by atomic mass is 15.0. The molecular weight excluding hydrogens is 184 g/mol. The molecule has 0 radical (unpaired) electrons. The first-order valence-corrected chi connectivity index (χ1v) is 6.08. The molecule has 1 N–H and O–H groups in total. The Morgan fingerprint density at radius 1 is 1.27 bits per heavy atom. The van der Waals surface area contributed by atoms with Crippen molar-refractivity contribution in [1.82, 2.24) is 10.3 Å². The molecule has 0 bridgehead atoms. The third-order valence-electron chi connectivity index (χ3n) is 3.37. The fraction of sp³-hybridized carbons (Fsp3) is 0.615. The minimum absolute atomic E-state index is 0.687. The van der Waals surface area contributed by atoms with Crippen molar-refractivity contribution in [3.05, 3.63) is 30.1 Å². The van der Waals surface area contributed by atoms with Gasteiger partial charge in [-0.3, -0.25) is 4.98 Å². The molecule has 80 valence electrons. The largest absolute Gasteiger partial charge is 0.311 e. The van der Waals surface area contributed by atoms with Crippen LogP contribution in [-0.2, 0) is 6.42 Å². The van der Waals surface area contributed by atoms with Gasteiger partial charge in [0.15, 0.2) is 0 Å². The van der Waals surface area contributed by atoms with Crippen molar-refractivity contribution in [1.29, 1.82) is 0 Å². The zero-order valence-corrected chi connectivity index (χ0v) is 9.02. The van der Waals surface area contributed by atoms with Crippen molar-refractivity contribution in [3.63, 3.8) is 0 Å². The normalized spacial score (nSPS) is 22.7. The lowest BCUT2D eigenvalue weighted by atomic mass is 10.1. The van der Waals surface area contributed by atoms with Crippen molar-refractivity contribution in [2.75, 3.05) is 0 Å². The van der Waals surface area contributed by atoms with Gasteiger partial charge < -0.3 is 5.32 Å². The summed E-state index contributed by atoms with van der Waals surface area (Å²) in [5, 5.41) is 3.76. The van der Waals surface area contributed by atoms with E-state index in [0.29, 0.717) is 6.04 Å². The van der Waals surface area contributed by atoms with Gasteiger partial charge in [-0.05, 0) is 43.7 Å². The van der Waals surface area contributed by atoms with Gasteiger partial charge in [0.1, 0.15) is 0 Å². The van der Waals surface area contributed by atoms with Crippen molar-refractivity contribution >= 4 is 0 Å². The summed E-state index contributed by atoms with van der Waals surface area (Å²) in [4.78, 5) is 4.42. The SMILES string of the molecule is c1ccc(CC(NC2CC2)C2CC2)nc1. The fourth-order valence-corrected chi connectivity index (χ4v) is 2.16. The summed E-state index contributed by atoms with van der Waals surface area (Å²) in [5.41, 5.74) is 1.24. The van der Waals surface area contributed by atoms with Gasteiger partial charge in [0.05, 0.1) is 0 Å². The molecule has 2 aliphatic carbocycles. The Morgan fingerprint density at radius 3 is 2.73 bits per heavy atom. The summed E-state index contributed by atoms with van der Waals surface area (Å²) in [6.07, 6.45) is 8.60. The van der Waals surface area contributed by atoms with E-state index in [2.05, 4.69) is 22.4 Å². The van der Waals surface area contributed by atoms with E-state index in [4.69, 9.17) is 0 Å². The Kier molecular flexibility index (Phi) is 2.45. The summed E-state index contributed by atoms with van der Waals surface area (Å²) in [6, 6.07) is 7.73. The molecule has 1 atom stereocenters. The second kappa shape index (κ2) is 3.93. The average molecular weight is 202 g/mol. The zero-order chi connectivity index (χ0) is 10.1. The van der Waals surface area contributed by atoms with E-state index in [-0.39, 0.29) is 0 Å². The Bertz CT molecular complexity index is 315. The average Bonchev–Trinajstić information content (AvgIpc) is 3.13. The minimum Gasteiger partial charge on any atom is -0.311 e. The van der Waals surface area contributed by atoms with Gasteiger partial charge in [0.2, 0.25) is 0 Å². The third kappa shape index (κ3) is 2.57. The van der Waals surface area contributed by atoms with Crippen LogP contribution < -0.4 is 5.32 Å². The molecule has 1 aromatic heterocycles. The minimum atomic E-state index is 0.687. The molecule has 0 aliphatic heterocycles. The highest BCUT2D eigenvalue weighted by molar-refractivity contribution is 5.07. The van der Waals surface area contributed by atoms with Crippen LogP contribution in [0.25, 0.3) is 0 Å². The van der Waals surface area contributed by atoms with Gasteiger partial charge >= 0.3 is 0 Å². The molecule has 2 heteroatoms. The van der Waals surface area contributed by atoms with Crippen molar-refractivity contribution in [2.24, 2.45) is 5.92 Å². The van der Waals surface area contributed by atoms with E-state index < -0.39 is 0 Å². The van der Waals surface area contributed by atoms with Gasteiger partial charge in [0.25, 0.3) is 0 Å². The van der Waals surface area contributed by atoms with Crippen LogP contribution in [0.15, 0.2) is 24.4 Å². The summed E-state index contributed by atoms with van der Waals surface area (Å²) in [5.74, 6) is 0.924. The number of aromatic nitrogens is 1. The van der Waals surface area contributed by atoms with Crippen LogP contribution in [0.5, 0.6) is 0 Å². The van der Waals surface area contributed by atoms with Crippen molar-refractivity contribution in [3.8, 4) is 0 Å². The molecule has 3 rings (SSSR count). The Hall–Kier alpha value is -0.890. The van der Waals surface area contributed by atoms with Crippen LogP contribution in [0.1, 0.15) is 31.4 Å². The number of nitrogens with one attached hydrogen (secondary N) is 1. The van der Waals surface area contributed by atoms with Crippen LogP contribution in [0.3, 0.4) is 0 Å². The van der Waals surface area contributed by atoms with Crippen LogP contribution in [0.4, 0.5) is 0 Å². The lowest BCUT2D eigenvalue weighted by Crippen LogP contribution is -2.35. The summed E-state index contributed by atoms with van der Waals surface area (Å²) in [6.45, 7) is 0. The lowest BCUT2D eigenvalue weighted by molar-refractivity contribution is 0.453. The van der Waals surface area contributed by atoms with Crippen molar-refractivity contribution in [2.45, 2.75) is 44.2 Å². The highest BCUT2D eigenvalue weighted by Gasteiger charge is 2.35. The molecule has 15 heavy (non-hydrogen) atoms. The first-order chi connectivity index (χ1) is 7.42. The van der Waals surface area contributed by atoms with Gasteiger partial charge in [-0.25, -0.2) is 0 Å². The first-order valence-electron chi connectivity index (χ1n) is 6.08. The molecule has 0 aromatic carbocycles. The molecule has 0 saturated heterocycles. The van der Waals surface area contributed by atoms with E-state index in [1.165, 1.54) is 31.4 Å². The fourth-order valence-electron chi connectivity index (χ4n) is 2.16. The van der Waals surface area contributed by atoms with Crippen LogP contribution in [0.2, 0.25) is 0 Å². The standard InChI is InChI=1S/C13H18N2/c1-2-8-14-12(3-1)9-13(10-4-5-10)15-11-6-7-11/h1-3,8,10-11,13,15H,4-7,9H2. The van der Waals surface area contributed by atoms with Crippen molar-refractivity contribution < 1.29 is 0 Å². The van der Waals surface area contributed by atoms with E-state index in [9.17, 15) is 0 Å². The van der Waals surface area contributed by atoms with Gasteiger partial charge in [0, 0.05) is 30.4 Å². The van der Waals surface area contributed by atoms with Crippen LogP contribution in [0, 0.1) is 5.92 Å². The molecule has 2 saturated carbocycles. The van der Waals surface area contributed by atoms with Gasteiger partial charge in [-0.2, -0.15) is 0 Å². The second-order valence-corrected chi connectivity index (χ2v) is 4.91. The Morgan fingerprint density at radius 2 is 2.13 bits per heavy atom. The molecule has 1 aromatic rings. The van der Waals surface area contributed by atoms with Gasteiger partial charge in [-0.1, -0.05) is 6.07 Å². The zero-order valence-electron chi connectivity index (χ0n) is 9.02. The molecular formula is C13H18N2. The summed E-state index contributed by atoms with van der Waals surface area (Å²) < 4.78 is 0.